The van der Waals surface area contributed by atoms with Gasteiger partial charge in [-0.1, -0.05) is 6.07 Å². The van der Waals surface area contributed by atoms with Crippen LogP contribution in [0.1, 0.15) is 24.6 Å². The average Bonchev–Trinajstić information content (AvgIpc) is 3.50. The van der Waals surface area contributed by atoms with E-state index in [0.29, 0.717) is 24.6 Å². The summed E-state index contributed by atoms with van der Waals surface area (Å²) < 4.78 is 2.06. The summed E-state index contributed by atoms with van der Waals surface area (Å²) in [4.78, 5) is 31.2. The lowest BCUT2D eigenvalue weighted by molar-refractivity contribution is 0.193. The van der Waals surface area contributed by atoms with Crippen molar-refractivity contribution in [3.8, 4) is 11.3 Å². The number of anilines is 2. The first-order valence-electron chi connectivity index (χ1n) is 11.3. The summed E-state index contributed by atoms with van der Waals surface area (Å²) in [5, 5.41) is 4.04. The molecule has 2 amide bonds. The molecule has 1 fully saturated rings. The molecule has 0 atom stereocenters. The van der Waals surface area contributed by atoms with Crippen LogP contribution in [0.3, 0.4) is 0 Å². The highest BCUT2D eigenvalue weighted by Crippen LogP contribution is 2.35. The van der Waals surface area contributed by atoms with Crippen molar-refractivity contribution in [2.45, 2.75) is 18.8 Å². The van der Waals surface area contributed by atoms with Crippen molar-refractivity contribution in [1.29, 1.82) is 0 Å². The molecule has 1 saturated heterocycles. The molecule has 9 nitrogen and oxygen atoms in total. The van der Waals surface area contributed by atoms with Crippen LogP contribution in [0.25, 0.3) is 27.7 Å². The third kappa shape index (κ3) is 3.51. The highest BCUT2D eigenvalue weighted by atomic mass is 16.2. The fourth-order valence-electron chi connectivity index (χ4n) is 4.76. The number of nitrogens with one attached hydrogen (secondary N) is 2. The minimum absolute atomic E-state index is 0.103. The number of nitrogens with two attached hydrogens (primary N) is 1. The molecular weight excluding hydrogens is 428 g/mol. The van der Waals surface area contributed by atoms with Crippen LogP contribution >= 0.6 is 0 Å². The van der Waals surface area contributed by atoms with Gasteiger partial charge in [-0.2, -0.15) is 0 Å². The van der Waals surface area contributed by atoms with Gasteiger partial charge in [0.2, 0.25) is 0 Å². The van der Waals surface area contributed by atoms with Crippen LogP contribution in [-0.4, -0.2) is 48.4 Å². The van der Waals surface area contributed by atoms with Crippen molar-refractivity contribution in [3.05, 3.63) is 73.2 Å². The summed E-state index contributed by atoms with van der Waals surface area (Å²) in [6.45, 7) is 1.30. The Morgan fingerprint density at radius 3 is 2.85 bits per heavy atom. The number of nitrogen functional groups attached to an aromatic ring is 1. The van der Waals surface area contributed by atoms with E-state index in [1.165, 1.54) is 0 Å². The zero-order valence-electron chi connectivity index (χ0n) is 18.5. The molecule has 1 aliphatic rings. The molecule has 4 aromatic heterocycles. The first-order valence-corrected chi connectivity index (χ1v) is 11.3. The van der Waals surface area contributed by atoms with Crippen LogP contribution in [0.5, 0.6) is 0 Å². The largest absolute Gasteiger partial charge is 0.382 e. The van der Waals surface area contributed by atoms with Crippen molar-refractivity contribution < 1.29 is 4.79 Å². The van der Waals surface area contributed by atoms with Crippen molar-refractivity contribution in [3.63, 3.8) is 0 Å². The topological polar surface area (TPSA) is 117 Å². The van der Waals surface area contributed by atoms with E-state index in [1.54, 1.807) is 24.7 Å². The molecule has 0 spiro atoms. The van der Waals surface area contributed by atoms with Crippen LogP contribution in [0.4, 0.5) is 16.3 Å². The van der Waals surface area contributed by atoms with E-state index in [1.807, 2.05) is 29.4 Å². The van der Waals surface area contributed by atoms with Crippen molar-refractivity contribution in [2.75, 3.05) is 24.1 Å². The SMILES string of the molecule is Nc1nccn2c(C3CCN(C(=O)Nc4cccnc4)CC3)nc(-c3ccc4[nH]ccc4c3)c12. The molecule has 0 saturated carbocycles. The Morgan fingerprint density at radius 1 is 1.15 bits per heavy atom. The number of urea groups is 1. The number of fused-ring (bicyclic) bond motifs is 2. The Labute approximate surface area is 195 Å². The molecule has 4 N–H and O–H groups in total. The summed E-state index contributed by atoms with van der Waals surface area (Å²) in [6.07, 6.45) is 10.5. The number of hydrogen-bond acceptors (Lipinski definition) is 5. The van der Waals surface area contributed by atoms with Gasteiger partial charge in [-0.05, 0) is 43.2 Å². The van der Waals surface area contributed by atoms with Gasteiger partial charge < -0.3 is 20.9 Å². The van der Waals surface area contributed by atoms with Crippen LogP contribution in [-0.2, 0) is 0 Å². The molecule has 9 heteroatoms. The number of likely N-dealkylation sites (tertiary alicyclic amines) is 1. The number of hydrogen-bond donors (Lipinski definition) is 3. The molecule has 0 unspecified atom stereocenters. The van der Waals surface area contributed by atoms with Crippen LogP contribution in [0.15, 0.2) is 67.4 Å². The van der Waals surface area contributed by atoms with Gasteiger partial charge in [-0.25, -0.2) is 14.8 Å². The number of aromatic nitrogens is 5. The predicted molar refractivity (Wildman–Crippen MR) is 131 cm³/mol. The average molecular weight is 453 g/mol. The van der Waals surface area contributed by atoms with Gasteiger partial charge in [0.25, 0.3) is 0 Å². The number of rotatable bonds is 3. The summed E-state index contributed by atoms with van der Waals surface area (Å²) in [5.41, 5.74) is 10.8. The zero-order valence-corrected chi connectivity index (χ0v) is 18.5. The summed E-state index contributed by atoms with van der Waals surface area (Å²) >= 11 is 0. The molecule has 6 rings (SSSR count). The number of benzene rings is 1. The Kier molecular flexibility index (Phi) is 4.87. The van der Waals surface area contributed by atoms with E-state index in [4.69, 9.17) is 10.7 Å². The van der Waals surface area contributed by atoms with Gasteiger partial charge in [-0.3, -0.25) is 9.38 Å². The Morgan fingerprint density at radius 2 is 2.03 bits per heavy atom. The van der Waals surface area contributed by atoms with E-state index < -0.39 is 0 Å². The second-order valence-corrected chi connectivity index (χ2v) is 8.56. The highest BCUT2D eigenvalue weighted by Gasteiger charge is 2.28. The van der Waals surface area contributed by atoms with Crippen molar-refractivity contribution in [1.82, 2.24) is 29.2 Å². The lowest BCUT2D eigenvalue weighted by Gasteiger charge is -2.31. The quantitative estimate of drug-likeness (QED) is 0.378. The van der Waals surface area contributed by atoms with Gasteiger partial charge in [0.05, 0.1) is 11.9 Å². The molecule has 170 valence electrons. The molecule has 1 aliphatic heterocycles. The third-order valence-corrected chi connectivity index (χ3v) is 6.50. The van der Waals surface area contributed by atoms with Gasteiger partial charge >= 0.3 is 6.03 Å². The lowest BCUT2D eigenvalue weighted by Crippen LogP contribution is -2.40. The highest BCUT2D eigenvalue weighted by molar-refractivity contribution is 5.91. The monoisotopic (exact) mass is 452 g/mol. The van der Waals surface area contributed by atoms with Crippen LogP contribution < -0.4 is 11.1 Å². The third-order valence-electron chi connectivity index (χ3n) is 6.50. The number of carbonyl (C=O) groups excluding carboxylic acids is 1. The number of nitrogens with zero attached hydrogens (tertiary/aromatic N) is 5. The fraction of sp³-hybridized carbons (Fsp3) is 0.200. The van der Waals surface area contributed by atoms with E-state index >= 15 is 0 Å². The van der Waals surface area contributed by atoms with Gasteiger partial charge in [0, 0.05) is 60.3 Å². The molecule has 0 aliphatic carbocycles. The maximum Gasteiger partial charge on any atom is 0.321 e. The molecule has 5 aromatic rings. The van der Waals surface area contributed by atoms with Crippen molar-refractivity contribution in [2.24, 2.45) is 0 Å². The fourth-order valence-corrected chi connectivity index (χ4v) is 4.76. The van der Waals surface area contributed by atoms with Crippen LogP contribution in [0.2, 0.25) is 0 Å². The zero-order chi connectivity index (χ0) is 23.1. The predicted octanol–water partition coefficient (Wildman–Crippen LogP) is 4.27. The second-order valence-electron chi connectivity index (χ2n) is 8.56. The number of H-pyrrole nitrogens is 1. The number of amides is 2. The maximum absolute atomic E-state index is 12.7. The van der Waals surface area contributed by atoms with E-state index in [0.717, 1.165) is 46.3 Å². The minimum Gasteiger partial charge on any atom is -0.382 e. The van der Waals surface area contributed by atoms with Crippen molar-refractivity contribution >= 4 is 34.0 Å². The molecule has 34 heavy (non-hydrogen) atoms. The number of piperidine rings is 1. The maximum atomic E-state index is 12.7. The second kappa shape index (κ2) is 8.18. The lowest BCUT2D eigenvalue weighted by atomic mass is 9.96. The van der Waals surface area contributed by atoms with Gasteiger partial charge in [-0.15, -0.1) is 0 Å². The Hall–Kier alpha value is -4.40. The number of imidazole rings is 1. The smallest absolute Gasteiger partial charge is 0.321 e. The Balaban J connectivity index is 1.28. The normalized spacial score (nSPS) is 14.6. The van der Waals surface area contributed by atoms with E-state index in [9.17, 15) is 4.79 Å². The molecule has 0 radical (unpaired) electrons. The molecule has 0 bridgehead atoms. The molecular formula is C25H24N8O. The summed E-state index contributed by atoms with van der Waals surface area (Å²) in [7, 11) is 0. The standard InChI is InChI=1S/C25H24N8O/c26-23-22-21(18-3-4-20-17(14-18)5-9-28-20)31-24(33(22)13-10-29-23)16-6-11-32(12-7-16)25(34)30-19-2-1-8-27-15-19/h1-5,8-10,13-16,28H,6-7,11-12H2,(H2,26,29)(H,30,34). The number of aromatic amines is 1. The summed E-state index contributed by atoms with van der Waals surface area (Å²) in [5.74, 6) is 1.63. The first-order chi connectivity index (χ1) is 16.7. The van der Waals surface area contributed by atoms with Crippen LogP contribution in [0, 0.1) is 0 Å². The first kappa shape index (κ1) is 20.2. The summed E-state index contributed by atoms with van der Waals surface area (Å²) in [6, 6.07) is 11.8. The number of pyridine rings is 1. The van der Waals surface area contributed by atoms with Gasteiger partial charge in [0.15, 0.2) is 0 Å². The number of carbonyl (C=O) groups is 1. The van der Waals surface area contributed by atoms with Gasteiger partial charge in [0.1, 0.15) is 22.9 Å². The molecule has 1 aromatic carbocycles. The minimum atomic E-state index is -0.103. The van der Waals surface area contributed by atoms with E-state index in [2.05, 4.69) is 42.9 Å². The Bertz CT molecular complexity index is 1480. The van der Waals surface area contributed by atoms with E-state index in [-0.39, 0.29) is 11.9 Å². The molecule has 5 heterocycles.